The minimum atomic E-state index is -0.805. The van der Waals surface area contributed by atoms with Gasteiger partial charge in [0.1, 0.15) is 17.5 Å². The summed E-state index contributed by atoms with van der Waals surface area (Å²) in [5, 5.41) is 0. The molecule has 98 valence electrons. The van der Waals surface area contributed by atoms with Crippen molar-refractivity contribution in [2.24, 2.45) is 0 Å². The summed E-state index contributed by atoms with van der Waals surface area (Å²) in [7, 11) is 0. The van der Waals surface area contributed by atoms with Crippen molar-refractivity contribution < 1.29 is 18.0 Å². The van der Waals surface area contributed by atoms with E-state index >= 15 is 0 Å². The van der Waals surface area contributed by atoms with Crippen molar-refractivity contribution in [3.8, 4) is 0 Å². The first-order valence-corrected chi connectivity index (χ1v) is 5.70. The third kappa shape index (κ3) is 3.02. The summed E-state index contributed by atoms with van der Waals surface area (Å²) in [6.45, 7) is 1.71. The number of halogens is 3. The van der Waals surface area contributed by atoms with E-state index in [9.17, 15) is 18.0 Å². The lowest BCUT2D eigenvalue weighted by Gasteiger charge is -2.05. The molecule has 0 saturated heterocycles. The van der Waals surface area contributed by atoms with Gasteiger partial charge >= 0.3 is 0 Å². The Labute approximate surface area is 108 Å². The van der Waals surface area contributed by atoms with Crippen molar-refractivity contribution in [1.82, 2.24) is 0 Å². The highest BCUT2D eigenvalue weighted by molar-refractivity contribution is 5.97. The lowest BCUT2D eigenvalue weighted by Crippen LogP contribution is -2.08. The maximum atomic E-state index is 13.6. The first-order valence-electron chi connectivity index (χ1n) is 5.70. The lowest BCUT2D eigenvalue weighted by molar-refractivity contribution is 0.0988. The minimum Gasteiger partial charge on any atom is -0.294 e. The van der Waals surface area contributed by atoms with Gasteiger partial charge in [-0.2, -0.15) is 0 Å². The molecule has 2 aromatic carbocycles. The number of Topliss-reactive ketones (excluding diaryl/α,β-unsaturated/α-hetero) is 1. The molecule has 0 N–H and O–H groups in total. The Hall–Kier alpha value is -2.10. The van der Waals surface area contributed by atoms with Crippen LogP contribution in [0.1, 0.15) is 21.5 Å². The van der Waals surface area contributed by atoms with Crippen LogP contribution >= 0.6 is 0 Å². The molecule has 0 unspecified atom stereocenters. The fraction of sp³-hybridized carbons (Fsp3) is 0.133. The molecule has 4 heteroatoms. The van der Waals surface area contributed by atoms with Crippen LogP contribution in [0.4, 0.5) is 13.2 Å². The zero-order valence-corrected chi connectivity index (χ0v) is 10.2. The molecule has 0 aliphatic heterocycles. The molecule has 1 nitrogen and oxygen atoms in total. The van der Waals surface area contributed by atoms with Gasteiger partial charge in [-0.25, -0.2) is 13.2 Å². The number of carbonyl (C=O) groups is 1. The normalized spacial score (nSPS) is 10.5. The molecule has 0 saturated carbocycles. The number of rotatable bonds is 3. The van der Waals surface area contributed by atoms with Gasteiger partial charge in [-0.05, 0) is 36.2 Å². The molecule has 0 aromatic heterocycles. The number of hydrogen-bond acceptors (Lipinski definition) is 1. The molecule has 19 heavy (non-hydrogen) atoms. The number of benzene rings is 2. The summed E-state index contributed by atoms with van der Waals surface area (Å²) >= 11 is 0. The smallest absolute Gasteiger partial charge is 0.170 e. The van der Waals surface area contributed by atoms with Gasteiger partial charge < -0.3 is 0 Å². The Morgan fingerprint density at radius 3 is 2.37 bits per heavy atom. The van der Waals surface area contributed by atoms with Crippen molar-refractivity contribution in [3.05, 3.63) is 70.5 Å². The Morgan fingerprint density at radius 2 is 1.74 bits per heavy atom. The lowest BCUT2D eigenvalue weighted by atomic mass is 10.0. The average Bonchev–Trinajstić information content (AvgIpc) is 2.32. The highest BCUT2D eigenvalue weighted by Crippen LogP contribution is 2.16. The molecular weight excluding hydrogens is 253 g/mol. The van der Waals surface area contributed by atoms with E-state index in [-0.39, 0.29) is 17.5 Å². The van der Waals surface area contributed by atoms with Crippen LogP contribution in [0.15, 0.2) is 36.4 Å². The van der Waals surface area contributed by atoms with E-state index in [1.165, 1.54) is 18.2 Å². The van der Waals surface area contributed by atoms with Crippen LogP contribution in [0.5, 0.6) is 0 Å². The van der Waals surface area contributed by atoms with E-state index in [2.05, 4.69) is 0 Å². The fourth-order valence-corrected chi connectivity index (χ4v) is 1.78. The van der Waals surface area contributed by atoms with Gasteiger partial charge in [0.05, 0.1) is 5.56 Å². The summed E-state index contributed by atoms with van der Waals surface area (Å²) in [6, 6.07) is 7.18. The predicted octanol–water partition coefficient (Wildman–Crippen LogP) is 3.84. The van der Waals surface area contributed by atoms with E-state index in [0.29, 0.717) is 11.6 Å². The second-order valence-corrected chi connectivity index (χ2v) is 4.32. The Kier molecular flexibility index (Phi) is 3.69. The molecule has 0 spiro atoms. The zero-order valence-electron chi connectivity index (χ0n) is 10.2. The molecule has 2 aromatic rings. The molecule has 0 aliphatic carbocycles. The number of hydrogen-bond donors (Lipinski definition) is 0. The topological polar surface area (TPSA) is 17.1 Å². The van der Waals surface area contributed by atoms with Gasteiger partial charge in [0.2, 0.25) is 0 Å². The van der Waals surface area contributed by atoms with Crippen LogP contribution in [-0.2, 0) is 6.42 Å². The third-order valence-corrected chi connectivity index (χ3v) is 2.79. The molecule has 0 aliphatic rings. The zero-order chi connectivity index (χ0) is 14.0. The van der Waals surface area contributed by atoms with Gasteiger partial charge in [0.15, 0.2) is 5.78 Å². The van der Waals surface area contributed by atoms with Gasteiger partial charge in [-0.3, -0.25) is 4.79 Å². The third-order valence-electron chi connectivity index (χ3n) is 2.79. The van der Waals surface area contributed by atoms with Crippen LogP contribution in [0, 0.1) is 24.4 Å². The van der Waals surface area contributed by atoms with E-state index in [0.717, 1.165) is 6.07 Å². The molecular formula is C15H11F3O. The van der Waals surface area contributed by atoms with Crippen LogP contribution < -0.4 is 0 Å². The molecule has 0 bridgehead atoms. The minimum absolute atomic E-state index is 0.0476. The van der Waals surface area contributed by atoms with E-state index < -0.39 is 23.2 Å². The molecule has 0 atom stereocenters. The SMILES string of the molecule is Cc1ccc(C(=O)Cc2ccc(F)cc2F)c(F)c1. The largest absolute Gasteiger partial charge is 0.294 e. The van der Waals surface area contributed by atoms with Gasteiger partial charge in [0, 0.05) is 12.5 Å². The Balaban J connectivity index is 2.25. The van der Waals surface area contributed by atoms with Crippen molar-refractivity contribution in [3.63, 3.8) is 0 Å². The Bertz CT molecular complexity index is 635. The first kappa shape index (κ1) is 13.3. The van der Waals surface area contributed by atoms with Crippen LogP contribution in [0.25, 0.3) is 0 Å². The standard InChI is InChI=1S/C15H11F3O/c1-9-2-5-12(14(18)6-9)15(19)7-10-3-4-11(16)8-13(10)17/h2-6,8H,7H2,1H3. The summed E-state index contributed by atoms with van der Waals surface area (Å²) in [5.74, 6) is -2.69. The summed E-state index contributed by atoms with van der Waals surface area (Å²) in [6.07, 6.45) is -0.300. The summed E-state index contributed by atoms with van der Waals surface area (Å²) < 4.78 is 39.7. The molecule has 0 amide bonds. The summed E-state index contributed by atoms with van der Waals surface area (Å²) in [4.78, 5) is 11.9. The van der Waals surface area contributed by atoms with Crippen molar-refractivity contribution >= 4 is 5.78 Å². The molecule has 0 radical (unpaired) electrons. The second kappa shape index (κ2) is 5.26. The molecule has 0 fully saturated rings. The highest BCUT2D eigenvalue weighted by Gasteiger charge is 2.14. The maximum Gasteiger partial charge on any atom is 0.170 e. The molecule has 0 heterocycles. The monoisotopic (exact) mass is 264 g/mol. The quantitative estimate of drug-likeness (QED) is 0.770. The predicted molar refractivity (Wildman–Crippen MR) is 65.5 cm³/mol. The van der Waals surface area contributed by atoms with E-state index in [1.807, 2.05) is 0 Å². The molecule has 2 rings (SSSR count). The maximum absolute atomic E-state index is 13.6. The van der Waals surface area contributed by atoms with Gasteiger partial charge in [0.25, 0.3) is 0 Å². The van der Waals surface area contributed by atoms with E-state index in [4.69, 9.17) is 0 Å². The summed E-state index contributed by atoms with van der Waals surface area (Å²) in [5.41, 5.74) is 0.655. The Morgan fingerprint density at radius 1 is 1.00 bits per heavy atom. The van der Waals surface area contributed by atoms with Gasteiger partial charge in [-0.15, -0.1) is 0 Å². The van der Waals surface area contributed by atoms with Crippen LogP contribution in [0.2, 0.25) is 0 Å². The van der Waals surface area contributed by atoms with Crippen molar-refractivity contribution in [1.29, 1.82) is 0 Å². The van der Waals surface area contributed by atoms with Crippen LogP contribution in [-0.4, -0.2) is 5.78 Å². The van der Waals surface area contributed by atoms with E-state index in [1.54, 1.807) is 13.0 Å². The average molecular weight is 264 g/mol. The van der Waals surface area contributed by atoms with Gasteiger partial charge in [-0.1, -0.05) is 12.1 Å². The number of aryl methyl sites for hydroxylation is 1. The highest BCUT2D eigenvalue weighted by atomic mass is 19.1. The second-order valence-electron chi connectivity index (χ2n) is 4.32. The number of ketones is 1. The number of carbonyl (C=O) groups excluding carboxylic acids is 1. The fourth-order valence-electron chi connectivity index (χ4n) is 1.78. The first-order chi connectivity index (χ1) is 8.97. The van der Waals surface area contributed by atoms with Crippen molar-refractivity contribution in [2.75, 3.05) is 0 Å². The van der Waals surface area contributed by atoms with Crippen molar-refractivity contribution in [2.45, 2.75) is 13.3 Å². The van der Waals surface area contributed by atoms with Crippen LogP contribution in [0.3, 0.4) is 0 Å².